The number of carbonyl (C=O) groups is 2. The molecular formula is C15H19NO5. The van der Waals surface area contributed by atoms with E-state index in [1.807, 2.05) is 0 Å². The summed E-state index contributed by atoms with van der Waals surface area (Å²) in [5, 5.41) is 2.75. The molecule has 0 aromatic heterocycles. The fourth-order valence-corrected chi connectivity index (χ4v) is 1.85. The maximum Gasteiger partial charge on any atom is 0.310 e. The first kappa shape index (κ1) is 15.2. The minimum atomic E-state index is -0.451. The molecule has 1 aromatic rings. The first-order valence-corrected chi connectivity index (χ1v) is 6.78. The quantitative estimate of drug-likeness (QED) is 0.761. The zero-order valence-electron chi connectivity index (χ0n) is 12.2. The number of esters is 1. The standard InChI is InChI=1S/C15H19NO5/c1-19-12-6-3-10(7-13(12)20-2)8-15(18)21-9-14(17)16-11-4-5-11/h3,6-7,11H,4-5,8-9H2,1-2H3,(H,16,17). The van der Waals surface area contributed by atoms with E-state index in [2.05, 4.69) is 5.32 Å². The summed E-state index contributed by atoms with van der Waals surface area (Å²) in [6, 6.07) is 5.46. The Labute approximate surface area is 123 Å². The molecule has 6 nitrogen and oxygen atoms in total. The molecular weight excluding hydrogens is 274 g/mol. The number of benzene rings is 1. The van der Waals surface area contributed by atoms with Gasteiger partial charge in [-0.1, -0.05) is 6.07 Å². The highest BCUT2D eigenvalue weighted by molar-refractivity contribution is 5.81. The largest absolute Gasteiger partial charge is 0.493 e. The average molecular weight is 293 g/mol. The van der Waals surface area contributed by atoms with Gasteiger partial charge in [-0.2, -0.15) is 0 Å². The Morgan fingerprint density at radius 2 is 1.90 bits per heavy atom. The van der Waals surface area contributed by atoms with Crippen LogP contribution in [0.25, 0.3) is 0 Å². The lowest BCUT2D eigenvalue weighted by Gasteiger charge is -2.09. The van der Waals surface area contributed by atoms with Gasteiger partial charge in [-0.05, 0) is 30.5 Å². The molecule has 1 amide bonds. The number of hydrogen-bond donors (Lipinski definition) is 1. The summed E-state index contributed by atoms with van der Waals surface area (Å²) in [4.78, 5) is 23.1. The fraction of sp³-hybridized carbons (Fsp3) is 0.467. The number of amides is 1. The van der Waals surface area contributed by atoms with E-state index in [1.54, 1.807) is 25.3 Å². The van der Waals surface area contributed by atoms with Crippen molar-refractivity contribution in [2.24, 2.45) is 0 Å². The molecule has 1 saturated carbocycles. The van der Waals surface area contributed by atoms with E-state index in [1.165, 1.54) is 7.11 Å². The van der Waals surface area contributed by atoms with Crippen LogP contribution < -0.4 is 14.8 Å². The Kier molecular flexibility index (Phi) is 5.03. The van der Waals surface area contributed by atoms with Crippen LogP contribution in [-0.2, 0) is 20.7 Å². The molecule has 1 fully saturated rings. The van der Waals surface area contributed by atoms with Gasteiger partial charge in [0.1, 0.15) is 0 Å². The highest BCUT2D eigenvalue weighted by Crippen LogP contribution is 2.27. The molecule has 0 atom stereocenters. The minimum Gasteiger partial charge on any atom is -0.493 e. The Morgan fingerprint density at radius 1 is 1.19 bits per heavy atom. The molecule has 114 valence electrons. The van der Waals surface area contributed by atoms with Crippen LogP contribution in [0, 0.1) is 0 Å². The minimum absolute atomic E-state index is 0.0804. The summed E-state index contributed by atoms with van der Waals surface area (Å²) in [6.45, 7) is -0.234. The molecule has 1 N–H and O–H groups in total. The van der Waals surface area contributed by atoms with Crippen molar-refractivity contribution in [2.75, 3.05) is 20.8 Å². The van der Waals surface area contributed by atoms with Crippen LogP contribution in [0.5, 0.6) is 11.5 Å². The smallest absolute Gasteiger partial charge is 0.310 e. The summed E-state index contributed by atoms with van der Waals surface area (Å²) >= 11 is 0. The molecule has 0 unspecified atom stereocenters. The average Bonchev–Trinajstić information content (AvgIpc) is 3.29. The van der Waals surface area contributed by atoms with E-state index in [0.717, 1.165) is 18.4 Å². The van der Waals surface area contributed by atoms with E-state index in [0.29, 0.717) is 11.5 Å². The molecule has 0 spiro atoms. The SMILES string of the molecule is COc1ccc(CC(=O)OCC(=O)NC2CC2)cc1OC. The van der Waals surface area contributed by atoms with Crippen LogP contribution in [0.1, 0.15) is 18.4 Å². The second kappa shape index (κ2) is 6.97. The maximum atomic E-state index is 11.7. The van der Waals surface area contributed by atoms with Crippen molar-refractivity contribution >= 4 is 11.9 Å². The van der Waals surface area contributed by atoms with Gasteiger partial charge in [0.2, 0.25) is 0 Å². The van der Waals surface area contributed by atoms with Crippen LogP contribution >= 0.6 is 0 Å². The number of rotatable bonds is 7. The van der Waals surface area contributed by atoms with Gasteiger partial charge in [0.25, 0.3) is 5.91 Å². The van der Waals surface area contributed by atoms with Crippen molar-refractivity contribution in [3.8, 4) is 11.5 Å². The third-order valence-electron chi connectivity index (χ3n) is 3.10. The first-order valence-electron chi connectivity index (χ1n) is 6.78. The highest BCUT2D eigenvalue weighted by atomic mass is 16.5. The van der Waals surface area contributed by atoms with Gasteiger partial charge in [-0.3, -0.25) is 9.59 Å². The van der Waals surface area contributed by atoms with Gasteiger partial charge in [-0.15, -0.1) is 0 Å². The van der Waals surface area contributed by atoms with Crippen LogP contribution in [0.15, 0.2) is 18.2 Å². The van der Waals surface area contributed by atoms with Gasteiger partial charge in [-0.25, -0.2) is 0 Å². The Morgan fingerprint density at radius 3 is 2.52 bits per heavy atom. The zero-order valence-corrected chi connectivity index (χ0v) is 12.2. The normalized spacial score (nSPS) is 13.4. The van der Waals surface area contributed by atoms with E-state index >= 15 is 0 Å². The van der Waals surface area contributed by atoms with Crippen molar-refractivity contribution in [1.29, 1.82) is 0 Å². The molecule has 1 aliphatic rings. The Balaban J connectivity index is 1.82. The number of nitrogens with one attached hydrogen (secondary N) is 1. The van der Waals surface area contributed by atoms with Crippen molar-refractivity contribution < 1.29 is 23.8 Å². The van der Waals surface area contributed by atoms with Crippen molar-refractivity contribution in [3.63, 3.8) is 0 Å². The summed E-state index contributed by atoms with van der Waals surface area (Å²) < 4.78 is 15.2. The van der Waals surface area contributed by atoms with Crippen LogP contribution in [0.2, 0.25) is 0 Å². The monoisotopic (exact) mass is 293 g/mol. The molecule has 0 bridgehead atoms. The lowest BCUT2D eigenvalue weighted by molar-refractivity contribution is -0.147. The van der Waals surface area contributed by atoms with E-state index < -0.39 is 5.97 Å². The van der Waals surface area contributed by atoms with Gasteiger partial charge < -0.3 is 19.5 Å². The number of carbonyl (C=O) groups excluding carboxylic acids is 2. The number of methoxy groups -OCH3 is 2. The van der Waals surface area contributed by atoms with Crippen molar-refractivity contribution in [3.05, 3.63) is 23.8 Å². The Hall–Kier alpha value is -2.24. The van der Waals surface area contributed by atoms with E-state index in [-0.39, 0.29) is 25.0 Å². The molecule has 0 heterocycles. The molecule has 2 rings (SSSR count). The second-order valence-corrected chi connectivity index (χ2v) is 4.87. The molecule has 0 radical (unpaired) electrons. The predicted octanol–water partition coefficient (Wildman–Crippen LogP) is 1.07. The van der Waals surface area contributed by atoms with E-state index in [9.17, 15) is 9.59 Å². The number of hydrogen-bond acceptors (Lipinski definition) is 5. The summed E-state index contributed by atoms with van der Waals surface area (Å²) in [5.74, 6) is 0.444. The topological polar surface area (TPSA) is 73.9 Å². The Bertz CT molecular complexity index is 525. The fourth-order valence-electron chi connectivity index (χ4n) is 1.85. The van der Waals surface area contributed by atoms with Crippen LogP contribution in [0.3, 0.4) is 0 Å². The van der Waals surface area contributed by atoms with Gasteiger partial charge in [0, 0.05) is 6.04 Å². The van der Waals surface area contributed by atoms with Crippen LogP contribution in [-0.4, -0.2) is 38.7 Å². The van der Waals surface area contributed by atoms with Gasteiger partial charge in [0.15, 0.2) is 18.1 Å². The lowest BCUT2D eigenvalue weighted by atomic mass is 10.1. The number of ether oxygens (including phenoxy) is 3. The molecule has 0 aliphatic heterocycles. The van der Waals surface area contributed by atoms with Crippen LogP contribution in [0.4, 0.5) is 0 Å². The van der Waals surface area contributed by atoms with Crippen molar-refractivity contribution in [2.45, 2.75) is 25.3 Å². The summed E-state index contributed by atoms with van der Waals surface area (Å²) in [6.07, 6.45) is 2.09. The van der Waals surface area contributed by atoms with Gasteiger partial charge >= 0.3 is 5.97 Å². The lowest BCUT2D eigenvalue weighted by Crippen LogP contribution is -2.30. The second-order valence-electron chi connectivity index (χ2n) is 4.87. The third kappa shape index (κ3) is 4.66. The molecule has 1 aliphatic carbocycles. The summed E-state index contributed by atoms with van der Waals surface area (Å²) in [5.41, 5.74) is 0.736. The summed E-state index contributed by atoms with van der Waals surface area (Å²) in [7, 11) is 3.08. The third-order valence-corrected chi connectivity index (χ3v) is 3.10. The van der Waals surface area contributed by atoms with Gasteiger partial charge in [0.05, 0.1) is 20.6 Å². The van der Waals surface area contributed by atoms with E-state index in [4.69, 9.17) is 14.2 Å². The molecule has 21 heavy (non-hydrogen) atoms. The highest BCUT2D eigenvalue weighted by Gasteiger charge is 2.23. The molecule has 6 heteroatoms. The maximum absolute atomic E-state index is 11.7. The zero-order chi connectivity index (χ0) is 15.2. The van der Waals surface area contributed by atoms with Crippen molar-refractivity contribution in [1.82, 2.24) is 5.32 Å². The first-order chi connectivity index (χ1) is 10.1. The predicted molar refractivity (Wildman–Crippen MR) is 75.4 cm³/mol. The molecule has 0 saturated heterocycles. The molecule has 1 aromatic carbocycles.